The SMILES string of the molecule is O=C(NCC[C@@H](O)c1ccco1)C(=O)Nc1cc2c3c(c1)CC(=O)N3CCC2. The third-order valence-corrected chi connectivity index (χ3v) is 5.05. The largest absolute Gasteiger partial charge is 0.467 e. The van der Waals surface area contributed by atoms with Crippen LogP contribution in [0.1, 0.15) is 35.8 Å². The van der Waals surface area contributed by atoms with Gasteiger partial charge < -0.3 is 25.1 Å². The molecule has 3 heterocycles. The second kappa shape index (κ2) is 7.47. The highest BCUT2D eigenvalue weighted by atomic mass is 16.4. The number of nitrogens with one attached hydrogen (secondary N) is 2. The number of nitrogens with zero attached hydrogens (tertiary/aromatic N) is 1. The van der Waals surface area contributed by atoms with Crippen molar-refractivity contribution in [1.29, 1.82) is 0 Å². The maximum absolute atomic E-state index is 12.2. The lowest BCUT2D eigenvalue weighted by atomic mass is 9.99. The standard InChI is InChI=1S/C20H21N3O5/c24-15(16-4-2-8-28-16)5-6-21-19(26)20(27)22-14-9-12-3-1-7-23-17(25)11-13(10-14)18(12)23/h2,4,8-10,15,24H,1,3,5-7,11H2,(H,21,26)(H,22,27)/t15-/m1/s1. The van der Waals surface area contributed by atoms with Crippen molar-refractivity contribution in [2.24, 2.45) is 0 Å². The molecule has 1 atom stereocenters. The van der Waals surface area contributed by atoms with Crippen LogP contribution in [0.25, 0.3) is 0 Å². The van der Waals surface area contributed by atoms with Crippen molar-refractivity contribution >= 4 is 29.1 Å². The van der Waals surface area contributed by atoms with Crippen LogP contribution in [0.5, 0.6) is 0 Å². The van der Waals surface area contributed by atoms with Gasteiger partial charge in [0.25, 0.3) is 0 Å². The van der Waals surface area contributed by atoms with Crippen molar-refractivity contribution < 1.29 is 23.9 Å². The molecule has 0 spiro atoms. The number of aliphatic hydroxyl groups is 1. The zero-order valence-electron chi connectivity index (χ0n) is 15.2. The van der Waals surface area contributed by atoms with E-state index in [2.05, 4.69) is 10.6 Å². The van der Waals surface area contributed by atoms with Crippen LogP contribution in [0, 0.1) is 0 Å². The van der Waals surface area contributed by atoms with Crippen LogP contribution in [-0.2, 0) is 27.2 Å². The Morgan fingerprint density at radius 2 is 2.07 bits per heavy atom. The summed E-state index contributed by atoms with van der Waals surface area (Å²) in [6.07, 6.45) is 2.89. The molecule has 28 heavy (non-hydrogen) atoms. The summed E-state index contributed by atoms with van der Waals surface area (Å²) in [5, 5.41) is 15.0. The molecule has 0 bridgehead atoms. The third kappa shape index (κ3) is 3.50. The number of anilines is 2. The number of benzene rings is 1. The zero-order valence-corrected chi connectivity index (χ0v) is 15.2. The molecule has 1 aromatic carbocycles. The first kappa shape index (κ1) is 18.2. The van der Waals surface area contributed by atoms with Crippen molar-refractivity contribution in [2.45, 2.75) is 31.8 Å². The summed E-state index contributed by atoms with van der Waals surface area (Å²) >= 11 is 0. The normalized spacial score (nSPS) is 15.9. The Kier molecular flexibility index (Phi) is 4.87. The van der Waals surface area contributed by atoms with Crippen molar-refractivity contribution in [3.05, 3.63) is 47.4 Å². The fourth-order valence-corrected chi connectivity index (χ4v) is 3.77. The predicted octanol–water partition coefficient (Wildman–Crippen LogP) is 1.29. The van der Waals surface area contributed by atoms with Crippen LogP contribution in [0.4, 0.5) is 11.4 Å². The topological polar surface area (TPSA) is 112 Å². The first-order valence-electron chi connectivity index (χ1n) is 9.30. The Labute approximate surface area is 161 Å². The van der Waals surface area contributed by atoms with Gasteiger partial charge in [-0.1, -0.05) is 0 Å². The molecule has 8 nitrogen and oxygen atoms in total. The van der Waals surface area contributed by atoms with Gasteiger partial charge in [0.1, 0.15) is 11.9 Å². The summed E-state index contributed by atoms with van der Waals surface area (Å²) in [5.41, 5.74) is 3.39. The first-order chi connectivity index (χ1) is 13.5. The number of furan rings is 1. The maximum Gasteiger partial charge on any atom is 0.313 e. The molecule has 2 aromatic rings. The molecule has 146 valence electrons. The highest BCUT2D eigenvalue weighted by Crippen LogP contribution is 2.38. The second-order valence-corrected chi connectivity index (χ2v) is 7.00. The van der Waals surface area contributed by atoms with Gasteiger partial charge in [-0.25, -0.2) is 0 Å². The number of carbonyl (C=O) groups is 3. The van der Waals surface area contributed by atoms with Gasteiger partial charge in [0, 0.05) is 18.8 Å². The third-order valence-electron chi connectivity index (χ3n) is 5.05. The monoisotopic (exact) mass is 383 g/mol. The van der Waals surface area contributed by atoms with E-state index in [0.29, 0.717) is 17.9 Å². The Morgan fingerprint density at radius 1 is 1.25 bits per heavy atom. The minimum atomic E-state index is -0.844. The van der Waals surface area contributed by atoms with E-state index in [1.807, 2.05) is 6.07 Å². The van der Waals surface area contributed by atoms with Crippen LogP contribution in [-0.4, -0.2) is 35.9 Å². The molecule has 0 aliphatic carbocycles. The van der Waals surface area contributed by atoms with E-state index >= 15 is 0 Å². The van der Waals surface area contributed by atoms with E-state index in [1.54, 1.807) is 23.1 Å². The van der Waals surface area contributed by atoms with Crippen LogP contribution in [0.3, 0.4) is 0 Å². The number of hydrogen-bond donors (Lipinski definition) is 3. The minimum absolute atomic E-state index is 0.0762. The van der Waals surface area contributed by atoms with Crippen LogP contribution >= 0.6 is 0 Å². The molecule has 3 N–H and O–H groups in total. The first-order valence-corrected chi connectivity index (χ1v) is 9.30. The van der Waals surface area contributed by atoms with Crippen molar-refractivity contribution in [2.75, 3.05) is 23.3 Å². The maximum atomic E-state index is 12.2. The molecule has 0 saturated carbocycles. The Morgan fingerprint density at radius 3 is 2.86 bits per heavy atom. The molecule has 3 amide bonds. The summed E-state index contributed by atoms with van der Waals surface area (Å²) in [5.74, 6) is -1.07. The van der Waals surface area contributed by atoms with Gasteiger partial charge in [-0.15, -0.1) is 0 Å². The predicted molar refractivity (Wildman–Crippen MR) is 101 cm³/mol. The van der Waals surface area contributed by atoms with Crippen LogP contribution in [0.2, 0.25) is 0 Å². The number of aliphatic hydroxyl groups excluding tert-OH is 1. The van der Waals surface area contributed by atoms with Gasteiger partial charge in [0.05, 0.1) is 18.4 Å². The number of hydrogen-bond acceptors (Lipinski definition) is 5. The molecule has 2 aliphatic rings. The van der Waals surface area contributed by atoms with E-state index < -0.39 is 17.9 Å². The summed E-state index contributed by atoms with van der Waals surface area (Å²) in [6, 6.07) is 6.90. The molecule has 0 radical (unpaired) electrons. The van der Waals surface area contributed by atoms with Crippen LogP contribution < -0.4 is 15.5 Å². The summed E-state index contributed by atoms with van der Waals surface area (Å²) in [4.78, 5) is 38.1. The van der Waals surface area contributed by atoms with Gasteiger partial charge in [-0.05, 0) is 54.7 Å². The van der Waals surface area contributed by atoms with E-state index in [1.165, 1.54) is 6.26 Å². The van der Waals surface area contributed by atoms with Gasteiger partial charge >= 0.3 is 11.8 Å². The Balaban J connectivity index is 1.34. The molecule has 0 unspecified atom stereocenters. The van der Waals surface area contributed by atoms with Gasteiger partial charge in [0.2, 0.25) is 5.91 Å². The lowest BCUT2D eigenvalue weighted by Crippen LogP contribution is -2.36. The average molecular weight is 383 g/mol. The molecular weight excluding hydrogens is 362 g/mol. The van der Waals surface area contributed by atoms with Gasteiger partial charge in [0.15, 0.2) is 0 Å². The minimum Gasteiger partial charge on any atom is -0.467 e. The van der Waals surface area contributed by atoms with E-state index in [9.17, 15) is 19.5 Å². The van der Waals surface area contributed by atoms with Crippen LogP contribution in [0.15, 0.2) is 34.9 Å². The van der Waals surface area contributed by atoms with Gasteiger partial charge in [-0.3, -0.25) is 14.4 Å². The molecule has 2 aliphatic heterocycles. The van der Waals surface area contributed by atoms with Crippen molar-refractivity contribution in [1.82, 2.24) is 5.32 Å². The van der Waals surface area contributed by atoms with Gasteiger partial charge in [-0.2, -0.15) is 0 Å². The fraction of sp³-hybridized carbons (Fsp3) is 0.350. The lowest BCUT2D eigenvalue weighted by Gasteiger charge is -2.26. The summed E-state index contributed by atoms with van der Waals surface area (Å²) in [6.45, 7) is 0.865. The zero-order chi connectivity index (χ0) is 19.7. The highest BCUT2D eigenvalue weighted by Gasteiger charge is 2.32. The van der Waals surface area contributed by atoms with E-state index in [4.69, 9.17) is 4.42 Å². The summed E-state index contributed by atoms with van der Waals surface area (Å²) < 4.78 is 5.09. The molecule has 4 rings (SSSR count). The molecule has 8 heteroatoms. The number of carbonyl (C=O) groups excluding carboxylic acids is 3. The van der Waals surface area contributed by atoms with E-state index in [0.717, 1.165) is 36.2 Å². The lowest BCUT2D eigenvalue weighted by molar-refractivity contribution is -0.136. The van der Waals surface area contributed by atoms with Crippen molar-refractivity contribution in [3.63, 3.8) is 0 Å². The molecular formula is C20H21N3O5. The van der Waals surface area contributed by atoms with E-state index in [-0.39, 0.29) is 18.9 Å². The molecule has 0 saturated heterocycles. The fourth-order valence-electron chi connectivity index (χ4n) is 3.77. The van der Waals surface area contributed by atoms with Crippen molar-refractivity contribution in [3.8, 4) is 0 Å². The highest BCUT2D eigenvalue weighted by molar-refractivity contribution is 6.39. The Bertz CT molecular complexity index is 922. The quantitative estimate of drug-likeness (QED) is 0.674. The molecule has 0 fully saturated rings. The smallest absolute Gasteiger partial charge is 0.313 e. The number of rotatable bonds is 5. The molecule has 1 aromatic heterocycles. The second-order valence-electron chi connectivity index (χ2n) is 7.00. The Hall–Kier alpha value is -3.13. The number of aryl methyl sites for hydroxylation is 1. The number of amides is 3. The summed E-state index contributed by atoms with van der Waals surface area (Å²) in [7, 11) is 0. The average Bonchev–Trinajstić information content (AvgIpc) is 3.31.